The van der Waals surface area contributed by atoms with Gasteiger partial charge in [0.05, 0.1) is 70.6 Å². The average Bonchev–Trinajstić information content (AvgIpc) is 0.805. The molecule has 0 saturated heterocycles. The highest BCUT2D eigenvalue weighted by Gasteiger charge is 2.32. The molecule has 0 radical (unpaired) electrons. The van der Waals surface area contributed by atoms with Crippen molar-refractivity contribution in [3.63, 3.8) is 0 Å². The molecule has 426 valence electrons. The van der Waals surface area contributed by atoms with Crippen molar-refractivity contribution in [3.8, 4) is 0 Å². The fourth-order valence-corrected chi connectivity index (χ4v) is 14.3. The predicted molar refractivity (Wildman–Crippen MR) is 365 cm³/mol. The number of aryl methyl sites for hydroxylation is 4. The molecule has 4 heterocycles. The second kappa shape index (κ2) is 21.5. The molecule has 0 saturated carbocycles. The van der Waals surface area contributed by atoms with Crippen LogP contribution in [-0.4, -0.2) is 0 Å². The van der Waals surface area contributed by atoms with Crippen LogP contribution in [0.2, 0.25) is 0 Å². The monoisotopic (exact) mass is 1140 g/mol. The molecule has 0 amide bonds. The van der Waals surface area contributed by atoms with Crippen molar-refractivity contribution in [3.05, 3.63) is 278 Å². The Balaban J connectivity index is 1.12. The molecular weight excluding hydrogens is 1080 g/mol. The van der Waals surface area contributed by atoms with Gasteiger partial charge in [0.15, 0.2) is 0 Å². The lowest BCUT2D eigenvalue weighted by molar-refractivity contribution is 0.615. The molecule has 0 aliphatic rings. The van der Waals surface area contributed by atoms with Crippen LogP contribution in [-0.2, 0) is 25.7 Å². The lowest BCUT2D eigenvalue weighted by Gasteiger charge is -2.35. The van der Waals surface area contributed by atoms with Crippen molar-refractivity contribution in [2.45, 2.75) is 53.4 Å². The summed E-state index contributed by atoms with van der Waals surface area (Å²) < 4.78 is 24.6. The maximum atomic E-state index is 6.15. The molecule has 8 heteroatoms. The predicted octanol–water partition coefficient (Wildman–Crippen LogP) is 23.7. The van der Waals surface area contributed by atoms with Crippen molar-refractivity contribution in [2.75, 3.05) is 19.6 Å². The number of fused-ring (bicyclic) bond motifs is 4. The summed E-state index contributed by atoms with van der Waals surface area (Å²) in [5, 5.41) is 11.1. The zero-order valence-corrected chi connectivity index (χ0v) is 49.5. The van der Waals surface area contributed by atoms with Crippen molar-refractivity contribution >= 4 is 144 Å². The van der Waals surface area contributed by atoms with Gasteiger partial charge in [-0.3, -0.25) is 0 Å². The summed E-state index contributed by atoms with van der Waals surface area (Å²) in [6.07, 6.45) is 10.4. The molecule has 16 aromatic rings. The number of para-hydroxylation sites is 4. The molecule has 16 rings (SSSR count). The van der Waals surface area contributed by atoms with Gasteiger partial charge in [0.1, 0.15) is 22.3 Å². The summed E-state index contributed by atoms with van der Waals surface area (Å²) in [5.74, 6) is 0. The first-order valence-corrected chi connectivity index (χ1v) is 30.7. The minimum absolute atomic E-state index is 0.779. The Labute approximate surface area is 510 Å². The molecule has 0 aliphatic carbocycles. The number of anilines is 12. The van der Waals surface area contributed by atoms with Crippen LogP contribution >= 0.6 is 0 Å². The van der Waals surface area contributed by atoms with Crippen LogP contribution in [0.1, 0.15) is 49.9 Å². The van der Waals surface area contributed by atoms with Crippen molar-refractivity contribution < 1.29 is 17.7 Å². The molecule has 0 atom stereocenters. The average molecular weight is 1140 g/mol. The van der Waals surface area contributed by atoms with Crippen LogP contribution in [0.3, 0.4) is 0 Å². The van der Waals surface area contributed by atoms with Gasteiger partial charge in [-0.15, -0.1) is 0 Å². The second-order valence-corrected chi connectivity index (χ2v) is 22.6. The molecule has 0 aliphatic heterocycles. The first-order valence-electron chi connectivity index (χ1n) is 30.7. The van der Waals surface area contributed by atoms with Gasteiger partial charge in [0.25, 0.3) is 0 Å². The van der Waals surface area contributed by atoms with Crippen LogP contribution < -0.4 is 19.6 Å². The molecule has 12 aromatic carbocycles. The van der Waals surface area contributed by atoms with E-state index in [1.165, 1.54) is 22.3 Å². The highest BCUT2D eigenvalue weighted by atomic mass is 16.3. The number of hydrogen-bond acceptors (Lipinski definition) is 8. The molecule has 88 heavy (non-hydrogen) atoms. The van der Waals surface area contributed by atoms with Gasteiger partial charge < -0.3 is 37.3 Å². The number of nitrogens with zero attached hydrogens (tertiary/aromatic N) is 4. The summed E-state index contributed by atoms with van der Waals surface area (Å²) in [7, 11) is 0. The smallest absolute Gasteiger partial charge is 0.134 e. The van der Waals surface area contributed by atoms with Crippen LogP contribution in [0.25, 0.3) is 76.2 Å². The van der Waals surface area contributed by atoms with Gasteiger partial charge in [0, 0.05) is 76.6 Å². The molecule has 0 fully saturated rings. The third-order valence-electron chi connectivity index (χ3n) is 18.1. The van der Waals surface area contributed by atoms with E-state index in [2.05, 4.69) is 278 Å². The largest absolute Gasteiger partial charge is 0.464 e. The van der Waals surface area contributed by atoms with E-state index in [0.29, 0.717) is 0 Å². The Hall–Kier alpha value is -11.0. The van der Waals surface area contributed by atoms with Gasteiger partial charge in [-0.25, -0.2) is 0 Å². The zero-order chi connectivity index (χ0) is 59.0. The van der Waals surface area contributed by atoms with Crippen LogP contribution in [0, 0.1) is 0 Å². The number of furan rings is 4. The summed E-state index contributed by atoms with van der Waals surface area (Å²) in [6.45, 7) is 9.01. The van der Waals surface area contributed by atoms with Crippen LogP contribution in [0.4, 0.5) is 68.2 Å². The topological polar surface area (TPSA) is 65.5 Å². The van der Waals surface area contributed by atoms with Gasteiger partial charge in [-0.05, 0) is 181 Å². The lowest BCUT2D eigenvalue weighted by atomic mass is 9.88. The van der Waals surface area contributed by atoms with E-state index in [0.717, 1.165) is 170 Å². The normalized spacial score (nSPS) is 11.8. The van der Waals surface area contributed by atoms with E-state index in [1.807, 2.05) is 25.1 Å². The van der Waals surface area contributed by atoms with Crippen LogP contribution in [0.5, 0.6) is 0 Å². The number of hydrogen-bond donors (Lipinski definition) is 0. The summed E-state index contributed by atoms with van der Waals surface area (Å²) in [4.78, 5) is 10.00. The Bertz CT molecular complexity index is 4590. The minimum atomic E-state index is 0.779. The van der Waals surface area contributed by atoms with Gasteiger partial charge in [0.2, 0.25) is 0 Å². The molecule has 0 bridgehead atoms. The summed E-state index contributed by atoms with van der Waals surface area (Å²) in [6, 6.07) is 84.0. The zero-order valence-electron chi connectivity index (χ0n) is 49.5. The molecular formula is C80H62N4O4. The Morgan fingerprint density at radius 2 is 0.455 bits per heavy atom. The summed E-state index contributed by atoms with van der Waals surface area (Å²) >= 11 is 0. The fourth-order valence-electron chi connectivity index (χ4n) is 14.3. The maximum absolute atomic E-state index is 6.15. The number of benzene rings is 12. The minimum Gasteiger partial charge on any atom is -0.464 e. The first-order chi connectivity index (χ1) is 43.5. The lowest BCUT2D eigenvalue weighted by Crippen LogP contribution is -2.17. The second-order valence-electron chi connectivity index (χ2n) is 22.6. The van der Waals surface area contributed by atoms with E-state index in [9.17, 15) is 0 Å². The van der Waals surface area contributed by atoms with Crippen molar-refractivity contribution in [2.24, 2.45) is 0 Å². The molecule has 4 aromatic heterocycles. The Morgan fingerprint density at radius 1 is 0.227 bits per heavy atom. The maximum Gasteiger partial charge on any atom is 0.134 e. The number of rotatable bonds is 16. The molecule has 8 nitrogen and oxygen atoms in total. The third-order valence-corrected chi connectivity index (χ3v) is 18.1. The van der Waals surface area contributed by atoms with E-state index < -0.39 is 0 Å². The highest BCUT2D eigenvalue weighted by Crippen LogP contribution is 2.57. The molecule has 0 N–H and O–H groups in total. The van der Waals surface area contributed by atoms with E-state index >= 15 is 0 Å². The van der Waals surface area contributed by atoms with Crippen LogP contribution in [0.15, 0.2) is 273 Å². The van der Waals surface area contributed by atoms with E-state index in [4.69, 9.17) is 17.7 Å². The molecule has 0 spiro atoms. The third kappa shape index (κ3) is 8.27. The van der Waals surface area contributed by atoms with Crippen molar-refractivity contribution in [1.29, 1.82) is 0 Å². The quantitative estimate of drug-likeness (QED) is 0.0887. The van der Waals surface area contributed by atoms with Gasteiger partial charge in [-0.2, -0.15) is 0 Å². The summed E-state index contributed by atoms with van der Waals surface area (Å²) in [5.41, 5.74) is 20.9. The van der Waals surface area contributed by atoms with E-state index in [-0.39, 0.29) is 0 Å². The SMILES string of the molecule is CCc1c(N(c2ccccc2)c2cc(N(c3ccccc3)c3ccc4occc4c3CC)c3ccc4c(N(c5ccccc5)c5ccc6occc6c5CC)cc(N(c5ccccc5)c5ccc6occc6c5CC)c5ccc2c3c54)ccc2occc12. The molecule has 0 unspecified atom stereocenters. The fraction of sp³-hybridized carbons (Fsp3) is 0.100. The van der Waals surface area contributed by atoms with E-state index in [1.54, 1.807) is 0 Å². The Kier molecular flexibility index (Phi) is 12.9. The van der Waals surface area contributed by atoms with Crippen molar-refractivity contribution in [1.82, 2.24) is 0 Å². The first kappa shape index (κ1) is 52.6. The highest BCUT2D eigenvalue weighted by molar-refractivity contribution is 6.33. The Morgan fingerprint density at radius 3 is 0.670 bits per heavy atom. The van der Waals surface area contributed by atoms with Gasteiger partial charge >= 0.3 is 0 Å². The standard InChI is InChI=1S/C80H62N4O4/c1-5-55-59-41-45-85-75(59)37-33-67(55)81(51-21-13-9-14-22-51)71-49-72(82(52-23-15-10-16-24-52)68-34-38-76-60(42-46-86-76)56(68)6-2)64-31-32-66-74(84(54-27-19-12-20-28-54)70-36-40-78-62(44-48-88-78)58(70)8-4)50-73(65-30-29-63(71)79(64)80(65)66)83(53-25-17-11-18-26-53)69-35-39-77-61(43-47-87-77)57(69)7-3/h9-50H,5-8H2,1-4H3. The van der Waals surface area contributed by atoms with Gasteiger partial charge in [-0.1, -0.05) is 125 Å².